The van der Waals surface area contributed by atoms with E-state index < -0.39 is 10.0 Å². The van der Waals surface area contributed by atoms with Crippen LogP contribution in [0.5, 0.6) is 0 Å². The third-order valence-electron chi connectivity index (χ3n) is 5.52. The van der Waals surface area contributed by atoms with Crippen molar-refractivity contribution in [2.45, 2.75) is 23.7 Å². The van der Waals surface area contributed by atoms with Crippen LogP contribution in [0.1, 0.15) is 23.8 Å². The zero-order valence-corrected chi connectivity index (χ0v) is 20.3. The van der Waals surface area contributed by atoms with E-state index in [0.29, 0.717) is 16.6 Å². The molecule has 1 fully saturated rings. The Balaban J connectivity index is 1.43. The van der Waals surface area contributed by atoms with Crippen LogP contribution in [0.3, 0.4) is 0 Å². The van der Waals surface area contributed by atoms with E-state index in [0.717, 1.165) is 40.8 Å². The van der Waals surface area contributed by atoms with E-state index in [-0.39, 0.29) is 17.3 Å². The number of rotatable bonds is 6. The summed E-state index contributed by atoms with van der Waals surface area (Å²) in [5, 5.41) is 4.18. The molecule has 1 saturated heterocycles. The van der Waals surface area contributed by atoms with Gasteiger partial charge < -0.3 is 5.32 Å². The van der Waals surface area contributed by atoms with Crippen molar-refractivity contribution in [3.63, 3.8) is 0 Å². The number of nitrogens with one attached hydrogen (secondary N) is 1. The number of fused-ring (bicyclic) bond motifs is 1. The van der Waals surface area contributed by atoms with Crippen molar-refractivity contribution < 1.29 is 13.2 Å². The first-order chi connectivity index (χ1) is 15.2. The summed E-state index contributed by atoms with van der Waals surface area (Å²) in [6, 6.07) is 12.4. The molecule has 1 aliphatic rings. The number of carbonyl (C=O) groups excluding carboxylic acids is 1. The molecule has 1 N–H and O–H groups in total. The van der Waals surface area contributed by atoms with Crippen LogP contribution in [0.25, 0.3) is 10.2 Å². The highest BCUT2D eigenvalue weighted by atomic mass is 35.5. The highest BCUT2D eigenvalue weighted by Gasteiger charge is 2.26. The summed E-state index contributed by atoms with van der Waals surface area (Å²) in [5.74, 6) is 0.0716. The maximum Gasteiger partial charge on any atom is 0.242 e. The van der Waals surface area contributed by atoms with Gasteiger partial charge in [-0.05, 0) is 49.7 Å². The van der Waals surface area contributed by atoms with Crippen molar-refractivity contribution in [3.8, 4) is 0 Å². The number of piperidine rings is 1. The second-order valence-corrected chi connectivity index (χ2v) is 11.7. The molecule has 0 saturated carbocycles. The number of sulfonamides is 1. The summed E-state index contributed by atoms with van der Waals surface area (Å²) in [4.78, 5) is 19.7. The van der Waals surface area contributed by atoms with Gasteiger partial charge in [-0.25, -0.2) is 17.7 Å². The first-order valence-electron chi connectivity index (χ1n) is 10.3. The molecule has 0 bridgehead atoms. The minimum absolute atomic E-state index is 0.0797. The quantitative estimate of drug-likeness (QED) is 0.562. The van der Waals surface area contributed by atoms with E-state index >= 15 is 0 Å². The first kappa shape index (κ1) is 23.1. The summed E-state index contributed by atoms with van der Waals surface area (Å²) in [5.41, 5.74) is 1.31. The second-order valence-electron chi connectivity index (χ2n) is 8.07. The average molecular weight is 493 g/mol. The second kappa shape index (κ2) is 9.44. The Morgan fingerprint density at radius 1 is 1.28 bits per heavy atom. The van der Waals surface area contributed by atoms with E-state index in [1.165, 1.54) is 37.0 Å². The van der Waals surface area contributed by atoms with E-state index in [1.54, 1.807) is 11.3 Å². The molecule has 7 nitrogen and oxygen atoms in total. The molecular weight excluding hydrogens is 468 g/mol. The molecule has 4 rings (SSSR count). The van der Waals surface area contributed by atoms with Gasteiger partial charge in [-0.1, -0.05) is 23.7 Å². The molecule has 2 aromatic carbocycles. The monoisotopic (exact) mass is 492 g/mol. The average Bonchev–Trinajstić information content (AvgIpc) is 3.19. The third-order valence-corrected chi connectivity index (χ3v) is 8.86. The molecule has 1 amide bonds. The summed E-state index contributed by atoms with van der Waals surface area (Å²) >= 11 is 7.93. The van der Waals surface area contributed by atoms with E-state index in [9.17, 15) is 13.2 Å². The lowest BCUT2D eigenvalue weighted by Crippen LogP contribution is -2.39. The van der Waals surface area contributed by atoms with Crippen LogP contribution in [-0.4, -0.2) is 62.2 Å². The number of aromatic nitrogens is 1. The molecule has 1 atom stereocenters. The fraction of sp³-hybridized carbons (Fsp3) is 0.364. The molecule has 32 heavy (non-hydrogen) atoms. The lowest BCUT2D eigenvalue weighted by atomic mass is 9.99. The van der Waals surface area contributed by atoms with Gasteiger partial charge in [0.05, 0.1) is 37.4 Å². The number of thiazole rings is 1. The van der Waals surface area contributed by atoms with E-state index in [1.807, 2.05) is 18.2 Å². The summed E-state index contributed by atoms with van der Waals surface area (Å²) in [7, 11) is -0.704. The van der Waals surface area contributed by atoms with Crippen LogP contribution in [0, 0.1) is 0 Å². The lowest BCUT2D eigenvalue weighted by molar-refractivity contribution is -0.117. The van der Waals surface area contributed by atoms with Gasteiger partial charge in [0.1, 0.15) is 0 Å². The number of amides is 1. The molecule has 3 aromatic rings. The first-order valence-corrected chi connectivity index (χ1v) is 13.0. The standard InChI is InChI=1S/C22H25ClN4O3S2/c1-26(2)32(29,30)16-9-10-17(23)19(12-16)24-21(28)14-27-11-5-6-15(13-27)22-25-18-7-3-4-8-20(18)31-22/h3-4,7-10,12,15H,5-6,11,13-14H2,1-2H3,(H,24,28)/t15-/m0/s1. The smallest absolute Gasteiger partial charge is 0.242 e. The molecule has 170 valence electrons. The van der Waals surface area contributed by atoms with Crippen LogP contribution in [0.15, 0.2) is 47.4 Å². The predicted octanol–water partition coefficient (Wildman–Crippen LogP) is 4.02. The minimum atomic E-state index is -3.62. The molecular formula is C22H25ClN4O3S2. The molecule has 2 heterocycles. The molecule has 1 aromatic heterocycles. The van der Waals surface area contributed by atoms with Crippen molar-refractivity contribution in [3.05, 3.63) is 52.5 Å². The van der Waals surface area contributed by atoms with Crippen LogP contribution in [0.4, 0.5) is 5.69 Å². The molecule has 0 spiro atoms. The normalized spacial score (nSPS) is 17.7. The minimum Gasteiger partial charge on any atom is -0.324 e. The summed E-state index contributed by atoms with van der Waals surface area (Å²) in [6.45, 7) is 1.80. The Morgan fingerprint density at radius 3 is 2.81 bits per heavy atom. The summed E-state index contributed by atoms with van der Waals surface area (Å²) < 4.78 is 27.1. The maximum absolute atomic E-state index is 12.7. The fourth-order valence-corrected chi connectivity index (χ4v) is 6.02. The molecule has 1 aliphatic heterocycles. The topological polar surface area (TPSA) is 82.6 Å². The van der Waals surface area contributed by atoms with Crippen molar-refractivity contribution in [1.82, 2.24) is 14.2 Å². The van der Waals surface area contributed by atoms with Gasteiger partial charge in [0.2, 0.25) is 15.9 Å². The number of hydrogen-bond donors (Lipinski definition) is 1. The Morgan fingerprint density at radius 2 is 2.06 bits per heavy atom. The maximum atomic E-state index is 12.7. The van der Waals surface area contributed by atoms with Crippen molar-refractivity contribution >= 4 is 54.8 Å². The molecule has 0 unspecified atom stereocenters. The predicted molar refractivity (Wildman–Crippen MR) is 129 cm³/mol. The van der Waals surface area contributed by atoms with Crippen molar-refractivity contribution in [2.75, 3.05) is 39.0 Å². The van der Waals surface area contributed by atoms with Crippen LogP contribution >= 0.6 is 22.9 Å². The number of carbonyl (C=O) groups is 1. The Hall–Kier alpha value is -2.04. The number of halogens is 1. The van der Waals surface area contributed by atoms with Crippen LogP contribution in [0.2, 0.25) is 5.02 Å². The summed E-state index contributed by atoms with van der Waals surface area (Å²) in [6.07, 6.45) is 2.04. The number of hydrogen-bond acceptors (Lipinski definition) is 6. The zero-order chi connectivity index (χ0) is 22.9. The highest BCUT2D eigenvalue weighted by Crippen LogP contribution is 2.33. The van der Waals surface area contributed by atoms with Gasteiger partial charge in [0, 0.05) is 26.6 Å². The number of para-hydroxylation sites is 1. The zero-order valence-electron chi connectivity index (χ0n) is 17.9. The Kier molecular flexibility index (Phi) is 6.83. The molecule has 0 aliphatic carbocycles. The van der Waals surface area contributed by atoms with Crippen LogP contribution < -0.4 is 5.32 Å². The van der Waals surface area contributed by atoms with Crippen LogP contribution in [-0.2, 0) is 14.8 Å². The van der Waals surface area contributed by atoms with Gasteiger partial charge in [-0.15, -0.1) is 11.3 Å². The van der Waals surface area contributed by atoms with Gasteiger partial charge in [0.25, 0.3) is 0 Å². The fourth-order valence-electron chi connectivity index (χ4n) is 3.83. The van der Waals surface area contributed by atoms with Gasteiger partial charge in [-0.2, -0.15) is 0 Å². The number of anilines is 1. The van der Waals surface area contributed by atoms with Gasteiger partial charge in [0.15, 0.2) is 0 Å². The van der Waals surface area contributed by atoms with E-state index in [2.05, 4.69) is 16.3 Å². The number of nitrogens with zero attached hydrogens (tertiary/aromatic N) is 3. The Labute approximate surface area is 197 Å². The lowest BCUT2D eigenvalue weighted by Gasteiger charge is -2.31. The third kappa shape index (κ3) is 4.97. The number of benzene rings is 2. The molecule has 0 radical (unpaired) electrons. The largest absolute Gasteiger partial charge is 0.324 e. The number of likely N-dealkylation sites (tertiary alicyclic amines) is 1. The van der Waals surface area contributed by atoms with E-state index in [4.69, 9.17) is 16.6 Å². The Bertz CT molecular complexity index is 1210. The van der Waals surface area contributed by atoms with Gasteiger partial charge >= 0.3 is 0 Å². The highest BCUT2D eigenvalue weighted by molar-refractivity contribution is 7.89. The van der Waals surface area contributed by atoms with Crippen molar-refractivity contribution in [1.29, 1.82) is 0 Å². The molecule has 10 heteroatoms. The SMILES string of the molecule is CN(C)S(=O)(=O)c1ccc(Cl)c(NC(=O)CN2CCC[C@H](c3nc4ccccc4s3)C2)c1. The van der Waals surface area contributed by atoms with Crippen molar-refractivity contribution in [2.24, 2.45) is 0 Å². The van der Waals surface area contributed by atoms with Gasteiger partial charge in [-0.3, -0.25) is 9.69 Å².